The van der Waals surface area contributed by atoms with Gasteiger partial charge in [-0.15, -0.1) is 0 Å². The average Bonchev–Trinajstić information content (AvgIpc) is 2.88. The Hall–Kier alpha value is -0.820. The first-order valence-electron chi connectivity index (χ1n) is 4.63. The first kappa shape index (κ1) is 7.81. The zero-order valence-electron chi connectivity index (χ0n) is 7.51. The summed E-state index contributed by atoms with van der Waals surface area (Å²) < 4.78 is 0. The fraction of sp³-hybridized carbons (Fsp3) is 0.455. The molecule has 1 N–H and O–H groups in total. The molecule has 0 atom stereocenters. The summed E-state index contributed by atoms with van der Waals surface area (Å²) in [6.45, 7) is 0.987. The Bertz CT molecular complexity index is 263. The molecule has 0 radical (unpaired) electrons. The van der Waals surface area contributed by atoms with Gasteiger partial charge in [0, 0.05) is 6.54 Å². The maximum atomic E-state index is 3.17. The molecule has 1 aromatic rings. The van der Waals surface area contributed by atoms with Gasteiger partial charge in [-0.3, -0.25) is 0 Å². The Morgan fingerprint density at radius 2 is 2.25 bits per heavy atom. The molecule has 2 rings (SSSR count). The van der Waals surface area contributed by atoms with Gasteiger partial charge in [-0.1, -0.05) is 24.3 Å². The first-order chi connectivity index (χ1) is 5.90. The third-order valence-electron chi connectivity index (χ3n) is 2.38. The van der Waals surface area contributed by atoms with Crippen LogP contribution in [0.4, 0.5) is 0 Å². The summed E-state index contributed by atoms with van der Waals surface area (Å²) in [5.41, 5.74) is 2.93. The Labute approximate surface area is 73.8 Å². The van der Waals surface area contributed by atoms with Crippen LogP contribution in [-0.2, 0) is 6.54 Å². The molecule has 1 nitrogen and oxygen atoms in total. The number of hydrogen-bond acceptors (Lipinski definition) is 1. The second kappa shape index (κ2) is 3.28. The summed E-state index contributed by atoms with van der Waals surface area (Å²) in [5, 5.41) is 3.17. The maximum Gasteiger partial charge on any atom is 0.0202 e. The van der Waals surface area contributed by atoms with E-state index in [-0.39, 0.29) is 0 Å². The highest BCUT2D eigenvalue weighted by atomic mass is 14.8. The van der Waals surface area contributed by atoms with Crippen molar-refractivity contribution in [1.82, 2.24) is 5.32 Å². The molecule has 0 aromatic heterocycles. The molecule has 12 heavy (non-hydrogen) atoms. The van der Waals surface area contributed by atoms with Crippen molar-refractivity contribution in [3.8, 4) is 0 Å². The molecule has 0 unspecified atom stereocenters. The fourth-order valence-electron chi connectivity index (χ4n) is 1.58. The Balaban J connectivity index is 2.15. The molecule has 64 valence electrons. The van der Waals surface area contributed by atoms with Crippen LogP contribution < -0.4 is 5.32 Å². The van der Waals surface area contributed by atoms with E-state index in [1.807, 2.05) is 7.05 Å². The Kier molecular flexibility index (Phi) is 2.13. The quantitative estimate of drug-likeness (QED) is 0.717. The molecule has 1 saturated carbocycles. The predicted octanol–water partition coefficient (Wildman–Crippen LogP) is 2.28. The molecular formula is C11H15N. The second-order valence-electron chi connectivity index (χ2n) is 3.55. The van der Waals surface area contributed by atoms with Crippen molar-refractivity contribution < 1.29 is 0 Å². The standard InChI is InChI=1S/C11H15N/c1-12-8-9-3-2-4-11(7-9)10-5-6-10/h2-4,7,10,12H,5-6,8H2,1H3. The van der Waals surface area contributed by atoms with E-state index < -0.39 is 0 Å². The fourth-order valence-corrected chi connectivity index (χ4v) is 1.58. The molecule has 0 heterocycles. The summed E-state index contributed by atoms with van der Waals surface area (Å²) in [4.78, 5) is 0. The van der Waals surface area contributed by atoms with Gasteiger partial charge < -0.3 is 5.32 Å². The molecule has 1 aliphatic rings. The molecular weight excluding hydrogens is 146 g/mol. The normalized spacial score (nSPS) is 16.4. The van der Waals surface area contributed by atoms with Crippen LogP contribution in [0.15, 0.2) is 24.3 Å². The van der Waals surface area contributed by atoms with Crippen molar-refractivity contribution in [3.63, 3.8) is 0 Å². The highest BCUT2D eigenvalue weighted by Crippen LogP contribution is 2.40. The highest BCUT2D eigenvalue weighted by Gasteiger charge is 2.23. The zero-order valence-corrected chi connectivity index (χ0v) is 7.51. The van der Waals surface area contributed by atoms with Crippen LogP contribution in [0.25, 0.3) is 0 Å². The summed E-state index contributed by atoms with van der Waals surface area (Å²) in [5.74, 6) is 0.877. The maximum absolute atomic E-state index is 3.17. The van der Waals surface area contributed by atoms with Crippen LogP contribution in [0, 0.1) is 0 Å². The highest BCUT2D eigenvalue weighted by molar-refractivity contribution is 5.28. The lowest BCUT2D eigenvalue weighted by Crippen LogP contribution is -2.04. The first-order valence-corrected chi connectivity index (χ1v) is 4.63. The number of rotatable bonds is 3. The van der Waals surface area contributed by atoms with Gasteiger partial charge in [0.15, 0.2) is 0 Å². The predicted molar refractivity (Wildman–Crippen MR) is 51.2 cm³/mol. The molecule has 0 amide bonds. The molecule has 0 bridgehead atoms. The van der Waals surface area contributed by atoms with Crippen LogP contribution in [0.5, 0.6) is 0 Å². The molecule has 0 aliphatic heterocycles. The lowest BCUT2D eigenvalue weighted by atomic mass is 10.1. The van der Waals surface area contributed by atoms with E-state index in [2.05, 4.69) is 29.6 Å². The van der Waals surface area contributed by atoms with Gasteiger partial charge in [0.05, 0.1) is 0 Å². The van der Waals surface area contributed by atoms with Crippen molar-refractivity contribution in [2.45, 2.75) is 25.3 Å². The second-order valence-corrected chi connectivity index (χ2v) is 3.55. The molecule has 1 aliphatic carbocycles. The third-order valence-corrected chi connectivity index (χ3v) is 2.38. The summed E-state index contributed by atoms with van der Waals surface area (Å²) in [6, 6.07) is 8.92. The molecule has 1 aromatic carbocycles. The number of nitrogens with one attached hydrogen (secondary N) is 1. The van der Waals surface area contributed by atoms with Crippen LogP contribution >= 0.6 is 0 Å². The van der Waals surface area contributed by atoms with E-state index >= 15 is 0 Å². The smallest absolute Gasteiger partial charge is 0.0202 e. The van der Waals surface area contributed by atoms with Gasteiger partial charge in [0.2, 0.25) is 0 Å². The van der Waals surface area contributed by atoms with Crippen LogP contribution in [0.1, 0.15) is 29.9 Å². The SMILES string of the molecule is CNCc1cccc(C2CC2)c1. The van der Waals surface area contributed by atoms with Gasteiger partial charge in [0.1, 0.15) is 0 Å². The van der Waals surface area contributed by atoms with Gasteiger partial charge >= 0.3 is 0 Å². The van der Waals surface area contributed by atoms with Crippen LogP contribution in [-0.4, -0.2) is 7.05 Å². The van der Waals surface area contributed by atoms with E-state index in [0.717, 1.165) is 12.5 Å². The lowest BCUT2D eigenvalue weighted by molar-refractivity contribution is 0.815. The van der Waals surface area contributed by atoms with Crippen molar-refractivity contribution in [3.05, 3.63) is 35.4 Å². The minimum absolute atomic E-state index is 0.877. The summed E-state index contributed by atoms with van der Waals surface area (Å²) in [6.07, 6.45) is 2.78. The number of hydrogen-bond donors (Lipinski definition) is 1. The van der Waals surface area contributed by atoms with E-state index in [9.17, 15) is 0 Å². The Morgan fingerprint density at radius 3 is 2.92 bits per heavy atom. The van der Waals surface area contributed by atoms with Crippen molar-refractivity contribution in [2.24, 2.45) is 0 Å². The summed E-state index contributed by atoms with van der Waals surface area (Å²) >= 11 is 0. The minimum Gasteiger partial charge on any atom is -0.316 e. The van der Waals surface area contributed by atoms with Crippen LogP contribution in [0.2, 0.25) is 0 Å². The van der Waals surface area contributed by atoms with Gasteiger partial charge in [-0.25, -0.2) is 0 Å². The minimum atomic E-state index is 0.877. The molecule has 1 fully saturated rings. The van der Waals surface area contributed by atoms with Crippen molar-refractivity contribution in [2.75, 3.05) is 7.05 Å². The van der Waals surface area contributed by atoms with Gasteiger partial charge in [0.25, 0.3) is 0 Å². The zero-order chi connectivity index (χ0) is 8.39. The van der Waals surface area contributed by atoms with Crippen LogP contribution in [0.3, 0.4) is 0 Å². The molecule has 0 saturated heterocycles. The molecule has 0 spiro atoms. The third kappa shape index (κ3) is 1.67. The van der Waals surface area contributed by atoms with E-state index in [0.29, 0.717) is 0 Å². The average molecular weight is 161 g/mol. The largest absolute Gasteiger partial charge is 0.316 e. The monoisotopic (exact) mass is 161 g/mol. The topological polar surface area (TPSA) is 12.0 Å². The van der Waals surface area contributed by atoms with Gasteiger partial charge in [-0.05, 0) is 36.9 Å². The lowest BCUT2D eigenvalue weighted by Gasteiger charge is -2.02. The van der Waals surface area contributed by atoms with E-state index in [4.69, 9.17) is 0 Å². The Morgan fingerprint density at radius 1 is 1.42 bits per heavy atom. The van der Waals surface area contributed by atoms with Gasteiger partial charge in [-0.2, -0.15) is 0 Å². The summed E-state index contributed by atoms with van der Waals surface area (Å²) in [7, 11) is 1.99. The van der Waals surface area contributed by atoms with E-state index in [1.165, 1.54) is 24.0 Å². The van der Waals surface area contributed by atoms with Crippen molar-refractivity contribution in [1.29, 1.82) is 0 Å². The number of benzene rings is 1. The van der Waals surface area contributed by atoms with Crippen molar-refractivity contribution >= 4 is 0 Å². The molecule has 1 heteroatoms. The van der Waals surface area contributed by atoms with E-state index in [1.54, 1.807) is 0 Å².